The number of carbonyl (C=O) groups is 1. The van der Waals surface area contributed by atoms with Crippen LogP contribution < -0.4 is 0 Å². The van der Waals surface area contributed by atoms with Crippen molar-refractivity contribution in [3.63, 3.8) is 0 Å². The zero-order chi connectivity index (χ0) is 10.1. The number of fused-ring (bicyclic) bond motifs is 1. The van der Waals surface area contributed by atoms with Crippen molar-refractivity contribution >= 4 is 21.9 Å². The van der Waals surface area contributed by atoms with E-state index in [9.17, 15) is 4.79 Å². The van der Waals surface area contributed by atoms with Gasteiger partial charge in [0.2, 0.25) is 0 Å². The summed E-state index contributed by atoms with van der Waals surface area (Å²) in [4.78, 5) is 11.0. The molecular weight excluding hydrogens is 244 g/mol. The zero-order valence-corrected chi connectivity index (χ0v) is 9.25. The van der Waals surface area contributed by atoms with E-state index >= 15 is 0 Å². The molecule has 0 saturated carbocycles. The van der Waals surface area contributed by atoms with Crippen molar-refractivity contribution < 1.29 is 9.90 Å². The number of hydrogen-bond acceptors (Lipinski definition) is 1. The normalized spacial score (nSPS) is 20.2. The molecule has 0 spiro atoms. The molecule has 0 saturated heterocycles. The number of hydrogen-bond donors (Lipinski definition) is 1. The van der Waals surface area contributed by atoms with Gasteiger partial charge in [-0.25, -0.2) is 0 Å². The monoisotopic (exact) mass is 254 g/mol. The molecule has 1 aliphatic carbocycles. The van der Waals surface area contributed by atoms with E-state index in [2.05, 4.69) is 15.9 Å². The highest BCUT2D eigenvalue weighted by atomic mass is 79.9. The van der Waals surface area contributed by atoms with Crippen LogP contribution in [0.5, 0.6) is 0 Å². The Morgan fingerprint density at radius 2 is 2.29 bits per heavy atom. The van der Waals surface area contributed by atoms with Crippen molar-refractivity contribution in [1.82, 2.24) is 0 Å². The van der Waals surface area contributed by atoms with Gasteiger partial charge in [0.1, 0.15) is 0 Å². The summed E-state index contributed by atoms with van der Waals surface area (Å²) in [6, 6.07) is 5.88. The van der Waals surface area contributed by atoms with Crippen molar-refractivity contribution in [3.8, 4) is 0 Å². The molecule has 0 aliphatic heterocycles. The molecule has 2 nitrogen and oxygen atoms in total. The van der Waals surface area contributed by atoms with Gasteiger partial charge in [0, 0.05) is 4.47 Å². The molecule has 14 heavy (non-hydrogen) atoms. The van der Waals surface area contributed by atoms with E-state index < -0.39 is 5.97 Å². The summed E-state index contributed by atoms with van der Waals surface area (Å²) in [6.45, 7) is 0. The topological polar surface area (TPSA) is 37.3 Å². The summed E-state index contributed by atoms with van der Waals surface area (Å²) >= 11 is 3.40. The molecule has 0 heterocycles. The smallest absolute Gasteiger partial charge is 0.310 e. The molecule has 1 atom stereocenters. The fourth-order valence-electron chi connectivity index (χ4n) is 2.04. The molecule has 0 aromatic heterocycles. The Bertz CT molecular complexity index is 374. The molecule has 0 amide bonds. The predicted molar refractivity (Wildman–Crippen MR) is 57.5 cm³/mol. The molecule has 2 rings (SSSR count). The lowest BCUT2D eigenvalue weighted by molar-refractivity contribution is -0.139. The van der Waals surface area contributed by atoms with Crippen molar-refractivity contribution in [2.75, 3.05) is 0 Å². The van der Waals surface area contributed by atoms with Gasteiger partial charge in [-0.3, -0.25) is 4.79 Å². The van der Waals surface area contributed by atoms with Gasteiger partial charge >= 0.3 is 5.97 Å². The number of benzene rings is 1. The van der Waals surface area contributed by atoms with Crippen LogP contribution in [0.25, 0.3) is 0 Å². The molecule has 1 aromatic rings. The van der Waals surface area contributed by atoms with E-state index in [1.165, 1.54) is 5.56 Å². The zero-order valence-electron chi connectivity index (χ0n) is 7.66. The fraction of sp³-hybridized carbons (Fsp3) is 0.364. The van der Waals surface area contributed by atoms with Gasteiger partial charge in [-0.2, -0.15) is 0 Å². The Morgan fingerprint density at radius 1 is 1.50 bits per heavy atom. The van der Waals surface area contributed by atoms with Crippen LogP contribution in [0, 0.1) is 0 Å². The van der Waals surface area contributed by atoms with Crippen LogP contribution in [0.4, 0.5) is 0 Å². The molecule has 1 unspecified atom stereocenters. The van der Waals surface area contributed by atoms with E-state index in [-0.39, 0.29) is 5.92 Å². The lowest BCUT2D eigenvalue weighted by Gasteiger charge is -2.22. The first-order valence-electron chi connectivity index (χ1n) is 4.69. The summed E-state index contributed by atoms with van der Waals surface area (Å²) in [7, 11) is 0. The molecule has 0 bridgehead atoms. The van der Waals surface area contributed by atoms with Gasteiger partial charge in [0.15, 0.2) is 0 Å². The summed E-state index contributed by atoms with van der Waals surface area (Å²) in [5.74, 6) is -1.000. The average Bonchev–Trinajstić information content (AvgIpc) is 2.16. The third-order valence-electron chi connectivity index (χ3n) is 2.72. The van der Waals surface area contributed by atoms with Crippen molar-refractivity contribution in [3.05, 3.63) is 33.8 Å². The molecule has 0 fully saturated rings. The minimum atomic E-state index is -0.701. The minimum absolute atomic E-state index is 0.299. The number of carboxylic acids is 1. The predicted octanol–water partition coefficient (Wildman–Crippen LogP) is 2.95. The molecule has 1 N–H and O–H groups in total. The second kappa shape index (κ2) is 3.73. The Balaban J connectivity index is 2.44. The van der Waals surface area contributed by atoms with E-state index in [4.69, 9.17) is 5.11 Å². The van der Waals surface area contributed by atoms with E-state index in [1.54, 1.807) is 0 Å². The molecular formula is C11H11BrO2. The minimum Gasteiger partial charge on any atom is -0.481 e. The van der Waals surface area contributed by atoms with Crippen LogP contribution in [0.2, 0.25) is 0 Å². The quantitative estimate of drug-likeness (QED) is 0.837. The lowest BCUT2D eigenvalue weighted by atomic mass is 9.83. The largest absolute Gasteiger partial charge is 0.481 e. The molecule has 1 aliphatic rings. The number of carboxylic acid groups (broad SMARTS) is 1. The van der Waals surface area contributed by atoms with E-state index in [1.807, 2.05) is 18.2 Å². The number of aliphatic carboxylic acids is 1. The van der Waals surface area contributed by atoms with Gasteiger partial charge in [-0.15, -0.1) is 0 Å². The molecule has 3 heteroatoms. The van der Waals surface area contributed by atoms with Gasteiger partial charge in [-0.1, -0.05) is 22.0 Å². The Labute approximate surface area is 91.1 Å². The highest BCUT2D eigenvalue weighted by Gasteiger charge is 2.25. The van der Waals surface area contributed by atoms with Gasteiger partial charge in [0.25, 0.3) is 0 Å². The van der Waals surface area contributed by atoms with Crippen LogP contribution in [0.15, 0.2) is 22.7 Å². The van der Waals surface area contributed by atoms with Crippen LogP contribution in [0.1, 0.15) is 29.9 Å². The van der Waals surface area contributed by atoms with Gasteiger partial charge in [0.05, 0.1) is 5.92 Å². The second-order valence-electron chi connectivity index (χ2n) is 3.63. The Morgan fingerprint density at radius 3 is 3.00 bits per heavy atom. The summed E-state index contributed by atoms with van der Waals surface area (Å²) in [6.07, 6.45) is 2.74. The van der Waals surface area contributed by atoms with Gasteiger partial charge in [-0.05, 0) is 42.5 Å². The van der Waals surface area contributed by atoms with Crippen LogP contribution in [-0.4, -0.2) is 11.1 Å². The highest BCUT2D eigenvalue weighted by Crippen LogP contribution is 2.33. The van der Waals surface area contributed by atoms with E-state index in [0.717, 1.165) is 29.3 Å². The summed E-state index contributed by atoms with van der Waals surface area (Å²) in [5, 5.41) is 9.04. The van der Waals surface area contributed by atoms with Crippen molar-refractivity contribution in [2.24, 2.45) is 0 Å². The second-order valence-corrected chi connectivity index (χ2v) is 4.54. The maximum absolute atomic E-state index is 11.0. The molecule has 1 aromatic carbocycles. The third-order valence-corrected chi connectivity index (χ3v) is 3.21. The average molecular weight is 255 g/mol. The Hall–Kier alpha value is -0.830. The molecule has 0 radical (unpaired) electrons. The van der Waals surface area contributed by atoms with Crippen molar-refractivity contribution in [1.29, 1.82) is 0 Å². The first-order valence-corrected chi connectivity index (χ1v) is 5.49. The first-order chi connectivity index (χ1) is 6.68. The number of aryl methyl sites for hydroxylation is 1. The summed E-state index contributed by atoms with van der Waals surface area (Å²) in [5.41, 5.74) is 2.17. The maximum atomic E-state index is 11.0. The fourth-order valence-corrected chi connectivity index (χ4v) is 2.45. The number of halogens is 1. The summed E-state index contributed by atoms with van der Waals surface area (Å²) < 4.78 is 1.03. The standard InChI is InChI=1S/C11H11BrO2/c12-8-4-5-9-7(6-8)2-1-3-10(9)11(13)14/h4-6,10H,1-3H2,(H,13,14). The number of rotatable bonds is 1. The SMILES string of the molecule is O=C(O)C1CCCc2cc(Br)ccc21. The lowest BCUT2D eigenvalue weighted by Crippen LogP contribution is -2.17. The highest BCUT2D eigenvalue weighted by molar-refractivity contribution is 9.10. The van der Waals surface area contributed by atoms with Crippen molar-refractivity contribution in [2.45, 2.75) is 25.2 Å². The first kappa shape index (κ1) is 9.71. The maximum Gasteiger partial charge on any atom is 0.310 e. The van der Waals surface area contributed by atoms with Crippen LogP contribution in [-0.2, 0) is 11.2 Å². The van der Waals surface area contributed by atoms with E-state index in [0.29, 0.717) is 0 Å². The molecule has 74 valence electrons. The van der Waals surface area contributed by atoms with Crippen LogP contribution >= 0.6 is 15.9 Å². The van der Waals surface area contributed by atoms with Gasteiger partial charge < -0.3 is 5.11 Å². The van der Waals surface area contributed by atoms with Crippen LogP contribution in [0.3, 0.4) is 0 Å². The Kier molecular flexibility index (Phi) is 2.59. The third kappa shape index (κ3) is 1.69.